The largest absolute Gasteiger partial charge is 0.120 e. The van der Waals surface area contributed by atoms with Gasteiger partial charge < -0.3 is 0 Å². The third-order valence-electron chi connectivity index (χ3n) is 7.84. The molecule has 0 aromatic carbocycles. The molecule has 0 radical (unpaired) electrons. The van der Waals surface area contributed by atoms with Gasteiger partial charge in [0.2, 0.25) is 0 Å². The minimum absolute atomic E-state index is 0.455. The summed E-state index contributed by atoms with van der Waals surface area (Å²) in [4.78, 5) is 0. The Morgan fingerprint density at radius 2 is 1.95 bits per heavy atom. The minimum Gasteiger partial charge on any atom is -0.120 e. The fourth-order valence-corrected chi connectivity index (χ4v) is 6.87. The standard InChI is InChI=1S/C21H30/c1-4-16-9-10-19-20-14(2)13-15-7-5-6-8-17(15)18(20)11-12-21(16,19)3/h1,14,16,18-20H,5-13H2,2-3H3/t14-,16-,18-,19+,20-,21-/m1/s1. The highest BCUT2D eigenvalue weighted by molar-refractivity contribution is 5.27. The zero-order chi connectivity index (χ0) is 14.6. The maximum atomic E-state index is 5.88. The molecule has 0 bridgehead atoms. The smallest absolute Gasteiger partial charge is 0.0256 e. The van der Waals surface area contributed by atoms with E-state index in [1.807, 2.05) is 11.1 Å². The quantitative estimate of drug-likeness (QED) is 0.401. The Morgan fingerprint density at radius 3 is 2.76 bits per heavy atom. The van der Waals surface area contributed by atoms with Crippen LogP contribution in [0.1, 0.15) is 71.6 Å². The van der Waals surface area contributed by atoms with Crippen molar-refractivity contribution in [1.82, 2.24) is 0 Å². The lowest BCUT2D eigenvalue weighted by molar-refractivity contribution is 0.000537. The average Bonchev–Trinajstić information content (AvgIpc) is 2.83. The zero-order valence-electron chi connectivity index (χ0n) is 13.8. The molecule has 0 N–H and O–H groups in total. The molecular formula is C21H30. The molecule has 4 aliphatic rings. The predicted molar refractivity (Wildman–Crippen MR) is 88.6 cm³/mol. The SMILES string of the molecule is C#C[C@@H]1CC[C@H]2[C@@H]3[C@H](C)CC4=C(CCCC4)[C@H]3CC[C@]12C. The highest BCUT2D eigenvalue weighted by Crippen LogP contribution is 2.64. The summed E-state index contributed by atoms with van der Waals surface area (Å²) in [5, 5.41) is 0. The topological polar surface area (TPSA) is 0 Å². The van der Waals surface area contributed by atoms with E-state index in [-0.39, 0.29) is 0 Å². The number of hydrogen-bond donors (Lipinski definition) is 0. The summed E-state index contributed by atoms with van der Waals surface area (Å²) in [6.45, 7) is 5.08. The van der Waals surface area contributed by atoms with Crippen LogP contribution in [0.4, 0.5) is 0 Å². The van der Waals surface area contributed by atoms with Crippen LogP contribution >= 0.6 is 0 Å². The number of terminal acetylenes is 1. The lowest BCUT2D eigenvalue weighted by Gasteiger charge is -2.54. The average molecular weight is 282 g/mol. The molecule has 2 fully saturated rings. The van der Waals surface area contributed by atoms with E-state index in [0.717, 1.165) is 23.7 Å². The van der Waals surface area contributed by atoms with Gasteiger partial charge in [-0.1, -0.05) is 25.0 Å². The highest BCUT2D eigenvalue weighted by Gasteiger charge is 2.56. The molecule has 0 saturated heterocycles. The van der Waals surface area contributed by atoms with Crippen LogP contribution in [0.25, 0.3) is 0 Å². The van der Waals surface area contributed by atoms with Gasteiger partial charge in [0, 0.05) is 5.92 Å². The van der Waals surface area contributed by atoms with E-state index >= 15 is 0 Å². The first-order chi connectivity index (χ1) is 10.1. The minimum atomic E-state index is 0.455. The van der Waals surface area contributed by atoms with E-state index in [1.54, 1.807) is 0 Å². The van der Waals surface area contributed by atoms with Crippen LogP contribution in [0.5, 0.6) is 0 Å². The second kappa shape index (κ2) is 4.91. The Labute approximate surface area is 130 Å². The second-order valence-corrected chi connectivity index (χ2v) is 8.65. The van der Waals surface area contributed by atoms with Crippen molar-refractivity contribution in [1.29, 1.82) is 0 Å². The molecule has 0 unspecified atom stereocenters. The van der Waals surface area contributed by atoms with Gasteiger partial charge in [-0.3, -0.25) is 0 Å². The second-order valence-electron chi connectivity index (χ2n) is 8.65. The summed E-state index contributed by atoms with van der Waals surface area (Å²) in [5.41, 5.74) is 4.26. The lowest BCUT2D eigenvalue weighted by atomic mass is 9.51. The van der Waals surface area contributed by atoms with E-state index in [1.165, 1.54) is 57.8 Å². The third-order valence-corrected chi connectivity index (χ3v) is 7.84. The monoisotopic (exact) mass is 282 g/mol. The molecule has 0 amide bonds. The molecule has 0 aromatic rings. The first kappa shape index (κ1) is 13.9. The van der Waals surface area contributed by atoms with Crippen molar-refractivity contribution in [2.75, 3.05) is 0 Å². The fourth-order valence-electron chi connectivity index (χ4n) is 6.87. The zero-order valence-corrected chi connectivity index (χ0v) is 13.8. The summed E-state index contributed by atoms with van der Waals surface area (Å²) < 4.78 is 0. The van der Waals surface area contributed by atoms with Crippen molar-refractivity contribution in [2.24, 2.45) is 35.0 Å². The van der Waals surface area contributed by atoms with Crippen molar-refractivity contribution < 1.29 is 0 Å². The molecule has 21 heavy (non-hydrogen) atoms. The van der Waals surface area contributed by atoms with E-state index in [9.17, 15) is 0 Å². The molecule has 6 atom stereocenters. The van der Waals surface area contributed by atoms with Gasteiger partial charge in [-0.15, -0.1) is 12.3 Å². The number of allylic oxidation sites excluding steroid dienone is 2. The molecule has 0 aliphatic heterocycles. The van der Waals surface area contributed by atoms with Crippen LogP contribution in [-0.4, -0.2) is 0 Å². The summed E-state index contributed by atoms with van der Waals surface area (Å²) in [7, 11) is 0. The normalized spacial score (nSPS) is 49.1. The Balaban J connectivity index is 1.70. The van der Waals surface area contributed by atoms with Crippen molar-refractivity contribution in [3.8, 4) is 12.3 Å². The number of rotatable bonds is 0. The molecule has 0 spiro atoms. The summed E-state index contributed by atoms with van der Waals surface area (Å²) in [6.07, 6.45) is 18.5. The van der Waals surface area contributed by atoms with Crippen LogP contribution in [0, 0.1) is 47.3 Å². The molecule has 4 aliphatic carbocycles. The van der Waals surface area contributed by atoms with Gasteiger partial charge in [-0.05, 0) is 86.9 Å². The van der Waals surface area contributed by atoms with Gasteiger partial charge in [0.1, 0.15) is 0 Å². The van der Waals surface area contributed by atoms with Gasteiger partial charge in [0.05, 0.1) is 0 Å². The van der Waals surface area contributed by atoms with Gasteiger partial charge in [0.15, 0.2) is 0 Å². The van der Waals surface area contributed by atoms with Crippen LogP contribution in [-0.2, 0) is 0 Å². The van der Waals surface area contributed by atoms with Crippen LogP contribution in [0.3, 0.4) is 0 Å². The van der Waals surface area contributed by atoms with E-state index < -0.39 is 0 Å². The predicted octanol–water partition coefficient (Wildman–Crippen LogP) is 5.59. The maximum Gasteiger partial charge on any atom is 0.0256 e. The van der Waals surface area contributed by atoms with Gasteiger partial charge in [-0.25, -0.2) is 0 Å². The summed E-state index contributed by atoms with van der Waals surface area (Å²) >= 11 is 0. The highest BCUT2D eigenvalue weighted by atomic mass is 14.6. The molecule has 0 nitrogen and oxygen atoms in total. The molecule has 2 saturated carbocycles. The Kier molecular flexibility index (Phi) is 3.25. The first-order valence-electron chi connectivity index (χ1n) is 9.32. The lowest BCUT2D eigenvalue weighted by Crippen LogP contribution is -2.46. The molecule has 114 valence electrons. The maximum absolute atomic E-state index is 5.88. The van der Waals surface area contributed by atoms with Crippen LogP contribution in [0.15, 0.2) is 11.1 Å². The summed E-state index contributed by atoms with van der Waals surface area (Å²) in [5.74, 6) is 7.39. The third kappa shape index (κ3) is 1.89. The van der Waals surface area contributed by atoms with E-state index in [0.29, 0.717) is 11.3 Å². The van der Waals surface area contributed by atoms with Crippen molar-refractivity contribution >= 4 is 0 Å². The first-order valence-corrected chi connectivity index (χ1v) is 9.32. The Hall–Kier alpha value is -0.700. The van der Waals surface area contributed by atoms with Crippen molar-refractivity contribution in [2.45, 2.75) is 71.6 Å². The van der Waals surface area contributed by atoms with Gasteiger partial charge >= 0.3 is 0 Å². The molecule has 4 rings (SSSR count). The van der Waals surface area contributed by atoms with Crippen LogP contribution < -0.4 is 0 Å². The molecule has 0 aromatic heterocycles. The molecular weight excluding hydrogens is 252 g/mol. The molecule has 0 heterocycles. The van der Waals surface area contributed by atoms with Gasteiger partial charge in [0.25, 0.3) is 0 Å². The van der Waals surface area contributed by atoms with Crippen LogP contribution in [0.2, 0.25) is 0 Å². The molecule has 0 heteroatoms. The van der Waals surface area contributed by atoms with E-state index in [4.69, 9.17) is 6.42 Å². The summed E-state index contributed by atoms with van der Waals surface area (Å²) in [6, 6.07) is 0. The number of fused-ring (bicyclic) bond motifs is 4. The van der Waals surface area contributed by atoms with Crippen molar-refractivity contribution in [3.63, 3.8) is 0 Å². The Bertz CT molecular complexity index is 505. The number of hydrogen-bond acceptors (Lipinski definition) is 0. The van der Waals surface area contributed by atoms with E-state index in [2.05, 4.69) is 19.8 Å². The Morgan fingerprint density at radius 1 is 1.14 bits per heavy atom. The van der Waals surface area contributed by atoms with Crippen molar-refractivity contribution in [3.05, 3.63) is 11.1 Å². The van der Waals surface area contributed by atoms with Gasteiger partial charge in [-0.2, -0.15) is 0 Å². The fraction of sp³-hybridized carbons (Fsp3) is 0.810.